The quantitative estimate of drug-likeness (QED) is 0.843. The van der Waals surface area contributed by atoms with E-state index in [1.807, 2.05) is 24.3 Å². The zero-order valence-electron chi connectivity index (χ0n) is 14.5. The third kappa shape index (κ3) is 4.14. The highest BCUT2D eigenvalue weighted by Crippen LogP contribution is 2.36. The number of hydrogen-bond acceptors (Lipinski definition) is 4. The molecule has 1 N–H and O–H groups in total. The van der Waals surface area contributed by atoms with Crippen LogP contribution in [0.2, 0.25) is 5.02 Å². The molecule has 2 amide bonds. The van der Waals surface area contributed by atoms with E-state index in [1.54, 1.807) is 37.3 Å². The van der Waals surface area contributed by atoms with Gasteiger partial charge >= 0.3 is 0 Å². The van der Waals surface area contributed by atoms with E-state index in [-0.39, 0.29) is 18.2 Å². The predicted molar refractivity (Wildman–Crippen MR) is 104 cm³/mol. The smallest absolute Gasteiger partial charge is 0.238 e. The van der Waals surface area contributed by atoms with Gasteiger partial charge < -0.3 is 15.0 Å². The molecule has 1 aliphatic heterocycles. The molecule has 0 unspecified atom stereocenters. The molecule has 0 aliphatic carbocycles. The summed E-state index contributed by atoms with van der Waals surface area (Å²) in [5.41, 5.74) is 1.62. The van der Waals surface area contributed by atoms with Gasteiger partial charge in [0.2, 0.25) is 11.8 Å². The van der Waals surface area contributed by atoms with Crippen molar-refractivity contribution in [3.05, 3.63) is 53.1 Å². The van der Waals surface area contributed by atoms with Crippen molar-refractivity contribution in [1.82, 2.24) is 4.90 Å². The van der Waals surface area contributed by atoms with Gasteiger partial charge in [0.05, 0.1) is 18.0 Å². The highest BCUT2D eigenvalue weighted by Gasteiger charge is 2.29. The maximum Gasteiger partial charge on any atom is 0.238 e. The molecule has 3 rings (SSSR count). The molecule has 26 heavy (non-hydrogen) atoms. The largest absolute Gasteiger partial charge is 0.496 e. The minimum Gasteiger partial charge on any atom is -0.496 e. The fourth-order valence-corrected chi connectivity index (χ4v) is 4.05. The summed E-state index contributed by atoms with van der Waals surface area (Å²) in [5, 5.41) is 3.00. The van der Waals surface area contributed by atoms with Crippen molar-refractivity contribution < 1.29 is 14.3 Å². The van der Waals surface area contributed by atoms with Crippen LogP contribution in [0.4, 0.5) is 5.69 Å². The van der Waals surface area contributed by atoms with Gasteiger partial charge in [-0.25, -0.2) is 0 Å². The highest BCUT2D eigenvalue weighted by atomic mass is 35.5. The van der Waals surface area contributed by atoms with Crippen molar-refractivity contribution in [2.75, 3.05) is 19.5 Å². The van der Waals surface area contributed by atoms with Gasteiger partial charge in [-0.15, -0.1) is 11.8 Å². The van der Waals surface area contributed by atoms with E-state index >= 15 is 0 Å². The average molecular weight is 391 g/mol. The number of carbonyl (C=O) groups is 2. The van der Waals surface area contributed by atoms with Crippen molar-refractivity contribution in [3.8, 4) is 5.75 Å². The standard InChI is InChI=1S/C19H19ClN2O3S/c1-22(11-12-9-13(20)7-8-15(12)25-2)18(23)10-17-19(24)21-14-5-3-4-6-16(14)26-17/h3-9,17H,10-11H2,1-2H3,(H,21,24)/t17-/m0/s1. The topological polar surface area (TPSA) is 58.6 Å². The second kappa shape index (κ2) is 8.01. The third-order valence-electron chi connectivity index (χ3n) is 4.14. The SMILES string of the molecule is COc1ccc(Cl)cc1CN(C)C(=O)C[C@@H]1Sc2ccccc2NC1=O. The number of nitrogens with one attached hydrogen (secondary N) is 1. The lowest BCUT2D eigenvalue weighted by Crippen LogP contribution is -2.35. The Morgan fingerprint density at radius 3 is 2.85 bits per heavy atom. The summed E-state index contributed by atoms with van der Waals surface area (Å²) in [4.78, 5) is 27.5. The molecule has 2 aromatic rings. The van der Waals surface area contributed by atoms with Gasteiger partial charge in [0.1, 0.15) is 5.75 Å². The number of nitrogens with zero attached hydrogens (tertiary/aromatic N) is 1. The summed E-state index contributed by atoms with van der Waals surface area (Å²) >= 11 is 7.47. The van der Waals surface area contributed by atoms with Crippen LogP contribution < -0.4 is 10.1 Å². The molecule has 2 aromatic carbocycles. The van der Waals surface area contributed by atoms with Gasteiger partial charge in [-0.2, -0.15) is 0 Å². The van der Waals surface area contributed by atoms with E-state index in [2.05, 4.69) is 5.32 Å². The van der Waals surface area contributed by atoms with E-state index in [0.29, 0.717) is 17.3 Å². The zero-order valence-corrected chi connectivity index (χ0v) is 16.1. The van der Waals surface area contributed by atoms with Crippen LogP contribution in [0.1, 0.15) is 12.0 Å². The van der Waals surface area contributed by atoms with E-state index < -0.39 is 5.25 Å². The van der Waals surface area contributed by atoms with Crippen LogP contribution in [0.3, 0.4) is 0 Å². The number of rotatable bonds is 5. The maximum atomic E-state index is 12.6. The number of benzene rings is 2. The number of ether oxygens (including phenoxy) is 1. The summed E-state index contributed by atoms with van der Waals surface area (Å²) in [6, 6.07) is 12.9. The first-order chi connectivity index (χ1) is 12.5. The lowest BCUT2D eigenvalue weighted by molar-refractivity contribution is -0.131. The summed E-state index contributed by atoms with van der Waals surface area (Å²) < 4.78 is 5.32. The summed E-state index contributed by atoms with van der Waals surface area (Å²) in [7, 11) is 3.29. The minimum atomic E-state index is -0.443. The Morgan fingerprint density at radius 2 is 2.08 bits per heavy atom. The van der Waals surface area contributed by atoms with Crippen molar-refractivity contribution in [1.29, 1.82) is 0 Å². The number of anilines is 1. The molecule has 0 saturated heterocycles. The molecule has 136 valence electrons. The Morgan fingerprint density at radius 1 is 1.31 bits per heavy atom. The van der Waals surface area contributed by atoms with Crippen molar-refractivity contribution in [3.63, 3.8) is 0 Å². The van der Waals surface area contributed by atoms with Crippen LogP contribution in [0, 0.1) is 0 Å². The average Bonchev–Trinajstić information content (AvgIpc) is 2.62. The first-order valence-electron chi connectivity index (χ1n) is 8.11. The number of fused-ring (bicyclic) bond motifs is 1. The minimum absolute atomic E-state index is 0.112. The van der Waals surface area contributed by atoms with E-state index in [1.165, 1.54) is 11.8 Å². The number of carbonyl (C=O) groups excluding carboxylic acids is 2. The predicted octanol–water partition coefficient (Wildman–Crippen LogP) is 3.81. The molecule has 0 aromatic heterocycles. The second-order valence-electron chi connectivity index (χ2n) is 6.00. The summed E-state index contributed by atoms with van der Waals surface area (Å²) in [5.74, 6) is 0.419. The molecule has 0 fully saturated rings. The monoisotopic (exact) mass is 390 g/mol. The molecule has 5 nitrogen and oxygen atoms in total. The number of hydrogen-bond donors (Lipinski definition) is 1. The molecular formula is C19H19ClN2O3S. The normalized spacial score (nSPS) is 15.8. The van der Waals surface area contributed by atoms with Crippen LogP contribution in [0.15, 0.2) is 47.4 Å². The Labute approximate surface area is 161 Å². The first kappa shape index (κ1) is 18.6. The molecule has 0 radical (unpaired) electrons. The number of amides is 2. The van der Waals surface area contributed by atoms with Gasteiger partial charge in [-0.1, -0.05) is 23.7 Å². The van der Waals surface area contributed by atoms with Gasteiger partial charge in [0.25, 0.3) is 0 Å². The lowest BCUT2D eigenvalue weighted by Gasteiger charge is -2.26. The number of halogens is 1. The van der Waals surface area contributed by atoms with Crippen LogP contribution in [-0.4, -0.2) is 36.1 Å². The maximum absolute atomic E-state index is 12.6. The molecule has 1 heterocycles. The van der Waals surface area contributed by atoms with Gasteiger partial charge in [0, 0.05) is 35.5 Å². The fraction of sp³-hybridized carbons (Fsp3) is 0.263. The zero-order chi connectivity index (χ0) is 18.7. The summed E-state index contributed by atoms with van der Waals surface area (Å²) in [6.07, 6.45) is 0.129. The van der Waals surface area contributed by atoms with E-state index in [9.17, 15) is 9.59 Å². The molecule has 1 atom stereocenters. The van der Waals surface area contributed by atoms with Crippen LogP contribution in [0.25, 0.3) is 0 Å². The second-order valence-corrected chi connectivity index (χ2v) is 7.68. The molecule has 0 saturated carbocycles. The number of para-hydroxylation sites is 1. The van der Waals surface area contributed by atoms with Gasteiger partial charge in [-0.05, 0) is 30.3 Å². The fourth-order valence-electron chi connectivity index (χ4n) is 2.76. The van der Waals surface area contributed by atoms with Gasteiger partial charge in [0.15, 0.2) is 0 Å². The van der Waals surface area contributed by atoms with E-state index in [0.717, 1.165) is 16.1 Å². The molecule has 1 aliphatic rings. The van der Waals surface area contributed by atoms with Gasteiger partial charge in [-0.3, -0.25) is 9.59 Å². The van der Waals surface area contributed by atoms with Crippen LogP contribution in [-0.2, 0) is 16.1 Å². The Balaban J connectivity index is 1.67. The van der Waals surface area contributed by atoms with Crippen molar-refractivity contribution >= 4 is 40.9 Å². The lowest BCUT2D eigenvalue weighted by atomic mass is 10.1. The molecular weight excluding hydrogens is 372 g/mol. The number of methoxy groups -OCH3 is 1. The van der Waals surface area contributed by atoms with Crippen molar-refractivity contribution in [2.45, 2.75) is 23.1 Å². The molecule has 0 spiro atoms. The highest BCUT2D eigenvalue weighted by molar-refractivity contribution is 8.01. The summed E-state index contributed by atoms with van der Waals surface area (Å²) in [6.45, 7) is 0.359. The first-order valence-corrected chi connectivity index (χ1v) is 9.36. The molecule has 0 bridgehead atoms. The van der Waals surface area contributed by atoms with Crippen LogP contribution in [0.5, 0.6) is 5.75 Å². The van der Waals surface area contributed by atoms with Crippen LogP contribution >= 0.6 is 23.4 Å². The Bertz CT molecular complexity index is 843. The van der Waals surface area contributed by atoms with Crippen molar-refractivity contribution in [2.24, 2.45) is 0 Å². The Kier molecular flexibility index (Phi) is 5.74. The van der Waals surface area contributed by atoms with E-state index in [4.69, 9.17) is 16.3 Å². The molecule has 7 heteroatoms. The third-order valence-corrected chi connectivity index (χ3v) is 5.65. The Hall–Kier alpha value is -2.18. The number of thioether (sulfide) groups is 1.